The summed E-state index contributed by atoms with van der Waals surface area (Å²) in [4.78, 5) is 44.4. The van der Waals surface area contributed by atoms with Crippen molar-refractivity contribution in [3.05, 3.63) is 97.2 Å². The third-order valence-electron chi connectivity index (χ3n) is 7.33. The molecule has 0 radical (unpaired) electrons. The molecule has 5 rings (SSSR count). The van der Waals surface area contributed by atoms with Crippen LogP contribution in [0, 0.1) is 17.0 Å². The Morgan fingerprint density at radius 1 is 0.973 bits per heavy atom. The van der Waals surface area contributed by atoms with Crippen LogP contribution in [0.2, 0.25) is 0 Å². The summed E-state index contributed by atoms with van der Waals surface area (Å²) in [6, 6.07) is 16.5. The van der Waals surface area contributed by atoms with E-state index in [1.807, 2.05) is 11.0 Å². The van der Waals surface area contributed by atoms with Crippen LogP contribution in [0.3, 0.4) is 0 Å². The van der Waals surface area contributed by atoms with Gasteiger partial charge in [-0.05, 0) is 54.0 Å². The first-order chi connectivity index (χ1) is 17.9. The van der Waals surface area contributed by atoms with Gasteiger partial charge in [0.25, 0.3) is 11.6 Å². The number of nitro groups is 1. The molecule has 0 N–H and O–H groups in total. The lowest BCUT2D eigenvalue weighted by Gasteiger charge is -2.37. The predicted octanol–water partition coefficient (Wildman–Crippen LogP) is 4.29. The number of amides is 2. The normalized spacial score (nSPS) is 18.2. The Morgan fingerprint density at radius 2 is 1.76 bits per heavy atom. The SMILES string of the molecule is Cc1ccccc1C1c2ccsc2CCN1CC(=O)N1CCCN(C(=O)c2cccc([N+](=O)[O-])c2)CC1. The van der Waals surface area contributed by atoms with Crippen LogP contribution in [0.5, 0.6) is 0 Å². The van der Waals surface area contributed by atoms with Crippen molar-refractivity contribution in [2.45, 2.75) is 25.8 Å². The number of hydrogen-bond acceptors (Lipinski definition) is 6. The van der Waals surface area contributed by atoms with Gasteiger partial charge in [0.05, 0.1) is 17.5 Å². The van der Waals surface area contributed by atoms with Gasteiger partial charge in [-0.3, -0.25) is 24.6 Å². The Kier molecular flexibility index (Phi) is 7.34. The molecule has 1 atom stereocenters. The quantitative estimate of drug-likeness (QED) is 0.372. The average Bonchev–Trinajstić information content (AvgIpc) is 3.24. The number of aryl methyl sites for hydroxylation is 1. The molecule has 0 saturated carbocycles. The van der Waals surface area contributed by atoms with E-state index in [9.17, 15) is 19.7 Å². The van der Waals surface area contributed by atoms with Crippen LogP contribution in [-0.2, 0) is 11.2 Å². The molecule has 1 aromatic heterocycles. The van der Waals surface area contributed by atoms with Crippen molar-refractivity contribution in [2.75, 3.05) is 39.3 Å². The number of carbonyl (C=O) groups excluding carboxylic acids is 2. The molecule has 9 heteroatoms. The van der Waals surface area contributed by atoms with Crippen LogP contribution >= 0.6 is 11.3 Å². The Labute approximate surface area is 220 Å². The van der Waals surface area contributed by atoms with Gasteiger partial charge in [-0.25, -0.2) is 0 Å². The van der Waals surface area contributed by atoms with Crippen LogP contribution in [0.4, 0.5) is 5.69 Å². The van der Waals surface area contributed by atoms with Gasteiger partial charge in [-0.1, -0.05) is 30.3 Å². The Balaban J connectivity index is 1.27. The lowest BCUT2D eigenvalue weighted by Crippen LogP contribution is -2.45. The molecule has 2 aromatic carbocycles. The summed E-state index contributed by atoms with van der Waals surface area (Å²) in [5.41, 5.74) is 3.95. The standard InChI is InChI=1S/C28H30N4O4S/c1-20-6-2-3-9-23(20)27-24-11-17-37-25(24)10-14-31(27)19-26(33)29-12-5-13-30(16-15-29)28(34)21-7-4-8-22(18-21)32(35)36/h2-4,6-9,11,17-18,27H,5,10,12-16,19H2,1H3. The Hall–Kier alpha value is -3.56. The predicted molar refractivity (Wildman–Crippen MR) is 143 cm³/mol. The molecule has 2 amide bonds. The second kappa shape index (κ2) is 10.8. The molecule has 0 bridgehead atoms. The zero-order chi connectivity index (χ0) is 25.9. The molecule has 1 fully saturated rings. The Bertz CT molecular complexity index is 1320. The highest BCUT2D eigenvalue weighted by Gasteiger charge is 2.33. The minimum Gasteiger partial charge on any atom is -0.340 e. The molecule has 3 aromatic rings. The first kappa shape index (κ1) is 25.1. The van der Waals surface area contributed by atoms with Crippen LogP contribution in [-0.4, -0.2) is 70.7 Å². The largest absolute Gasteiger partial charge is 0.340 e. The fraction of sp³-hybridized carbons (Fsp3) is 0.357. The van der Waals surface area contributed by atoms with Crippen LogP contribution in [0.1, 0.15) is 44.4 Å². The molecule has 3 heterocycles. The number of carbonyl (C=O) groups is 2. The highest BCUT2D eigenvalue weighted by atomic mass is 32.1. The maximum absolute atomic E-state index is 13.5. The van der Waals surface area contributed by atoms with Gasteiger partial charge in [-0.15, -0.1) is 11.3 Å². The monoisotopic (exact) mass is 518 g/mol. The van der Waals surface area contributed by atoms with E-state index in [-0.39, 0.29) is 23.5 Å². The average molecular weight is 519 g/mol. The van der Waals surface area contributed by atoms with Gasteiger partial charge in [-0.2, -0.15) is 0 Å². The molecule has 8 nitrogen and oxygen atoms in total. The maximum atomic E-state index is 13.5. The van der Waals surface area contributed by atoms with Crippen LogP contribution in [0.15, 0.2) is 60.0 Å². The summed E-state index contributed by atoms with van der Waals surface area (Å²) in [6.07, 6.45) is 1.61. The van der Waals surface area contributed by atoms with Crippen LogP contribution in [0.25, 0.3) is 0 Å². The summed E-state index contributed by atoms with van der Waals surface area (Å²) >= 11 is 1.79. The third kappa shape index (κ3) is 5.28. The van der Waals surface area contributed by atoms with Gasteiger partial charge in [0.1, 0.15) is 0 Å². The zero-order valence-electron chi connectivity index (χ0n) is 20.8. The highest BCUT2D eigenvalue weighted by molar-refractivity contribution is 7.10. The van der Waals surface area contributed by atoms with Crippen molar-refractivity contribution in [3.8, 4) is 0 Å². The van der Waals surface area contributed by atoms with Crippen molar-refractivity contribution in [1.29, 1.82) is 0 Å². The van der Waals surface area contributed by atoms with Crippen molar-refractivity contribution in [1.82, 2.24) is 14.7 Å². The molecule has 0 spiro atoms. The first-order valence-electron chi connectivity index (χ1n) is 12.6. The molecular weight excluding hydrogens is 488 g/mol. The first-order valence-corrected chi connectivity index (χ1v) is 13.5. The molecule has 37 heavy (non-hydrogen) atoms. The minimum absolute atomic E-state index is 0.0547. The summed E-state index contributed by atoms with van der Waals surface area (Å²) in [5.74, 6) is -0.166. The summed E-state index contributed by atoms with van der Waals surface area (Å²) in [6.45, 7) is 5.23. The summed E-state index contributed by atoms with van der Waals surface area (Å²) in [7, 11) is 0. The molecular formula is C28H30N4O4S. The van der Waals surface area contributed by atoms with E-state index >= 15 is 0 Å². The number of nitro benzene ring substituents is 1. The van der Waals surface area contributed by atoms with Gasteiger partial charge in [0.15, 0.2) is 0 Å². The number of thiophene rings is 1. The van der Waals surface area contributed by atoms with E-state index in [0.29, 0.717) is 44.7 Å². The third-order valence-corrected chi connectivity index (χ3v) is 8.32. The molecule has 1 unspecified atom stereocenters. The zero-order valence-corrected chi connectivity index (χ0v) is 21.7. The Morgan fingerprint density at radius 3 is 2.57 bits per heavy atom. The molecule has 192 valence electrons. The van der Waals surface area contributed by atoms with E-state index in [1.165, 1.54) is 39.8 Å². The van der Waals surface area contributed by atoms with E-state index in [4.69, 9.17) is 0 Å². The molecule has 0 aliphatic carbocycles. The molecule has 2 aliphatic heterocycles. The molecule has 2 aliphatic rings. The van der Waals surface area contributed by atoms with Gasteiger partial charge < -0.3 is 9.80 Å². The van der Waals surface area contributed by atoms with E-state index in [0.717, 1.165) is 13.0 Å². The minimum atomic E-state index is -0.497. The topological polar surface area (TPSA) is 87.0 Å². The fourth-order valence-electron chi connectivity index (χ4n) is 5.38. The van der Waals surface area contributed by atoms with Gasteiger partial charge in [0, 0.05) is 55.3 Å². The fourth-order valence-corrected chi connectivity index (χ4v) is 6.28. The number of hydrogen-bond donors (Lipinski definition) is 0. The smallest absolute Gasteiger partial charge is 0.270 e. The van der Waals surface area contributed by atoms with Crippen molar-refractivity contribution < 1.29 is 14.5 Å². The van der Waals surface area contributed by atoms with Crippen molar-refractivity contribution in [3.63, 3.8) is 0 Å². The highest BCUT2D eigenvalue weighted by Crippen LogP contribution is 2.38. The number of nitrogens with zero attached hydrogens (tertiary/aromatic N) is 4. The lowest BCUT2D eigenvalue weighted by molar-refractivity contribution is -0.384. The van der Waals surface area contributed by atoms with Gasteiger partial charge in [0.2, 0.25) is 5.91 Å². The maximum Gasteiger partial charge on any atom is 0.270 e. The number of benzene rings is 2. The second-order valence-corrected chi connectivity index (χ2v) is 10.6. The summed E-state index contributed by atoms with van der Waals surface area (Å²) in [5, 5.41) is 13.2. The van der Waals surface area contributed by atoms with Crippen LogP contribution < -0.4 is 0 Å². The number of rotatable bonds is 5. The van der Waals surface area contributed by atoms with E-state index in [1.54, 1.807) is 22.3 Å². The molecule has 1 saturated heterocycles. The number of fused-ring (bicyclic) bond motifs is 1. The van der Waals surface area contributed by atoms with Crippen molar-refractivity contribution >= 4 is 28.8 Å². The number of non-ortho nitro benzene ring substituents is 1. The van der Waals surface area contributed by atoms with Gasteiger partial charge >= 0.3 is 0 Å². The van der Waals surface area contributed by atoms with E-state index < -0.39 is 4.92 Å². The van der Waals surface area contributed by atoms with E-state index in [2.05, 4.69) is 41.5 Å². The lowest BCUT2D eigenvalue weighted by atomic mass is 9.90. The summed E-state index contributed by atoms with van der Waals surface area (Å²) < 4.78 is 0. The second-order valence-electron chi connectivity index (χ2n) is 9.61. The van der Waals surface area contributed by atoms with Crippen molar-refractivity contribution in [2.24, 2.45) is 0 Å².